The van der Waals surface area contributed by atoms with E-state index in [-0.39, 0.29) is 0 Å². The third kappa shape index (κ3) is 3.81. The van der Waals surface area contributed by atoms with Crippen molar-refractivity contribution in [3.8, 4) is 11.3 Å². The van der Waals surface area contributed by atoms with Crippen molar-refractivity contribution >= 4 is 5.69 Å². The lowest BCUT2D eigenvalue weighted by Gasteiger charge is -2.10. The number of halogens is 3. The quantitative estimate of drug-likeness (QED) is 0.719. The molecule has 3 rings (SSSR count). The second-order valence-electron chi connectivity index (χ2n) is 5.83. The Bertz CT molecular complexity index is 867. The van der Waals surface area contributed by atoms with Gasteiger partial charge in [-0.15, -0.1) is 0 Å². The molecule has 2 N–H and O–H groups in total. The van der Waals surface area contributed by atoms with Crippen LogP contribution in [0.2, 0.25) is 0 Å². The van der Waals surface area contributed by atoms with Gasteiger partial charge in [0.25, 0.3) is 0 Å². The summed E-state index contributed by atoms with van der Waals surface area (Å²) in [5.41, 5.74) is 4.37. The van der Waals surface area contributed by atoms with Crippen molar-refractivity contribution in [3.05, 3.63) is 65.1 Å². The van der Waals surface area contributed by atoms with Crippen LogP contribution < -0.4 is 5.32 Å². The molecule has 25 heavy (non-hydrogen) atoms. The van der Waals surface area contributed by atoms with Gasteiger partial charge in [-0.3, -0.25) is 10.1 Å². The maximum atomic E-state index is 12.7. The minimum Gasteiger partial charge on any atom is -0.379 e. The number of aromatic amines is 1. The molecule has 1 aromatic carbocycles. The first kappa shape index (κ1) is 17.0. The lowest BCUT2D eigenvalue weighted by Crippen LogP contribution is -2.04. The highest BCUT2D eigenvalue weighted by atomic mass is 19.4. The number of rotatable bonds is 4. The summed E-state index contributed by atoms with van der Waals surface area (Å²) >= 11 is 0. The van der Waals surface area contributed by atoms with E-state index in [4.69, 9.17) is 0 Å². The minimum absolute atomic E-state index is 0.485. The Morgan fingerprint density at radius 2 is 1.84 bits per heavy atom. The summed E-state index contributed by atoms with van der Waals surface area (Å²) in [6, 6.07) is 6.97. The number of pyridine rings is 1. The van der Waals surface area contributed by atoms with Gasteiger partial charge in [0.1, 0.15) is 0 Å². The summed E-state index contributed by atoms with van der Waals surface area (Å²) in [6.07, 6.45) is -0.843. The molecule has 0 spiro atoms. The van der Waals surface area contributed by atoms with E-state index in [2.05, 4.69) is 20.5 Å². The second-order valence-corrected chi connectivity index (χ2v) is 5.83. The molecule has 0 bridgehead atoms. The first-order chi connectivity index (χ1) is 11.8. The van der Waals surface area contributed by atoms with Crippen molar-refractivity contribution in [2.24, 2.45) is 0 Å². The molecule has 0 saturated carbocycles. The van der Waals surface area contributed by atoms with E-state index in [1.54, 1.807) is 12.4 Å². The first-order valence-corrected chi connectivity index (χ1v) is 7.72. The van der Waals surface area contributed by atoms with E-state index >= 15 is 0 Å². The van der Waals surface area contributed by atoms with Crippen LogP contribution in [-0.2, 0) is 12.7 Å². The molecule has 4 nitrogen and oxygen atoms in total. The van der Waals surface area contributed by atoms with Gasteiger partial charge in [0.15, 0.2) is 0 Å². The van der Waals surface area contributed by atoms with Gasteiger partial charge < -0.3 is 5.32 Å². The summed E-state index contributed by atoms with van der Waals surface area (Å²) in [5.74, 6) is 0. The molecular formula is C18H17F3N4. The highest BCUT2D eigenvalue weighted by molar-refractivity contribution is 5.64. The topological polar surface area (TPSA) is 53.6 Å². The average Bonchev–Trinajstić information content (AvgIpc) is 3.02. The van der Waals surface area contributed by atoms with Gasteiger partial charge in [-0.25, -0.2) is 0 Å². The van der Waals surface area contributed by atoms with E-state index in [1.807, 2.05) is 19.9 Å². The second kappa shape index (κ2) is 6.58. The predicted octanol–water partition coefficient (Wildman–Crippen LogP) is 4.72. The van der Waals surface area contributed by atoms with Crippen molar-refractivity contribution in [1.29, 1.82) is 0 Å². The molecule has 0 radical (unpaired) electrons. The van der Waals surface area contributed by atoms with Crippen molar-refractivity contribution in [3.63, 3.8) is 0 Å². The SMILES string of the molecule is Cc1cc(C)c(NCc2c[nH]nc2-c2ccc(C(F)(F)F)cc2)cn1. The van der Waals surface area contributed by atoms with Gasteiger partial charge in [-0.1, -0.05) is 12.1 Å². The molecule has 2 aromatic heterocycles. The number of nitrogens with zero attached hydrogens (tertiary/aromatic N) is 2. The zero-order valence-corrected chi connectivity index (χ0v) is 13.8. The first-order valence-electron chi connectivity index (χ1n) is 7.72. The van der Waals surface area contributed by atoms with Crippen molar-refractivity contribution in [1.82, 2.24) is 15.2 Å². The molecular weight excluding hydrogens is 329 g/mol. The standard InChI is InChI=1S/C18H17F3N4/c1-11-7-12(2)22-10-16(11)23-8-14-9-24-25-17(14)13-3-5-15(6-4-13)18(19,20)21/h3-7,9-10,23H,8H2,1-2H3,(H,24,25). The highest BCUT2D eigenvalue weighted by Crippen LogP contribution is 2.31. The zero-order chi connectivity index (χ0) is 18.0. The van der Waals surface area contributed by atoms with E-state index in [9.17, 15) is 13.2 Å². The lowest BCUT2D eigenvalue weighted by atomic mass is 10.1. The molecule has 2 heterocycles. The van der Waals surface area contributed by atoms with Gasteiger partial charge in [-0.2, -0.15) is 18.3 Å². The number of hydrogen-bond donors (Lipinski definition) is 2. The molecule has 0 amide bonds. The molecule has 7 heteroatoms. The number of nitrogens with one attached hydrogen (secondary N) is 2. The summed E-state index contributed by atoms with van der Waals surface area (Å²) in [4.78, 5) is 4.26. The maximum absolute atomic E-state index is 12.7. The molecule has 0 aliphatic rings. The van der Waals surface area contributed by atoms with Crippen molar-refractivity contribution in [2.45, 2.75) is 26.6 Å². The third-order valence-corrected chi connectivity index (χ3v) is 3.92. The fourth-order valence-electron chi connectivity index (χ4n) is 2.59. The van der Waals surface area contributed by atoms with Crippen LogP contribution in [0.1, 0.15) is 22.4 Å². The van der Waals surface area contributed by atoms with Gasteiger partial charge >= 0.3 is 6.18 Å². The Labute approximate surface area is 143 Å². The van der Waals surface area contributed by atoms with Crippen LogP contribution >= 0.6 is 0 Å². The van der Waals surface area contributed by atoms with Gasteiger partial charge in [0.2, 0.25) is 0 Å². The van der Waals surface area contributed by atoms with Gasteiger partial charge in [0, 0.05) is 29.6 Å². The van der Waals surface area contributed by atoms with Crippen LogP contribution in [0.5, 0.6) is 0 Å². The van der Waals surface area contributed by atoms with Crippen molar-refractivity contribution in [2.75, 3.05) is 5.32 Å². The fraction of sp³-hybridized carbons (Fsp3) is 0.222. The Hall–Kier alpha value is -2.83. The summed E-state index contributed by atoms with van der Waals surface area (Å²) in [6.45, 7) is 4.40. The molecule has 0 atom stereocenters. The van der Waals surface area contributed by atoms with E-state index in [1.165, 1.54) is 12.1 Å². The predicted molar refractivity (Wildman–Crippen MR) is 90.1 cm³/mol. The van der Waals surface area contributed by atoms with E-state index in [0.717, 1.165) is 34.6 Å². The maximum Gasteiger partial charge on any atom is 0.416 e. The molecule has 0 unspecified atom stereocenters. The number of hydrogen-bond acceptors (Lipinski definition) is 3. The number of aromatic nitrogens is 3. The Balaban J connectivity index is 1.78. The van der Waals surface area contributed by atoms with Crippen LogP contribution in [0.25, 0.3) is 11.3 Å². The van der Waals surface area contributed by atoms with E-state index in [0.29, 0.717) is 17.8 Å². The smallest absolute Gasteiger partial charge is 0.379 e. The average molecular weight is 346 g/mol. The molecule has 130 valence electrons. The summed E-state index contributed by atoms with van der Waals surface area (Å²) < 4.78 is 38.0. The molecule has 0 aliphatic heterocycles. The monoisotopic (exact) mass is 346 g/mol. The van der Waals surface area contributed by atoms with Crippen LogP contribution in [-0.4, -0.2) is 15.2 Å². The number of H-pyrrole nitrogens is 1. The Kier molecular flexibility index (Phi) is 4.48. The lowest BCUT2D eigenvalue weighted by molar-refractivity contribution is -0.137. The third-order valence-electron chi connectivity index (χ3n) is 3.92. The fourth-order valence-corrected chi connectivity index (χ4v) is 2.59. The number of alkyl halides is 3. The van der Waals surface area contributed by atoms with Crippen LogP contribution in [0.3, 0.4) is 0 Å². The number of benzene rings is 1. The number of aryl methyl sites for hydroxylation is 2. The Morgan fingerprint density at radius 1 is 1.12 bits per heavy atom. The molecule has 0 aliphatic carbocycles. The normalized spacial score (nSPS) is 11.6. The van der Waals surface area contributed by atoms with E-state index < -0.39 is 11.7 Å². The minimum atomic E-state index is -4.34. The number of anilines is 1. The van der Waals surface area contributed by atoms with Crippen LogP contribution in [0.4, 0.5) is 18.9 Å². The summed E-state index contributed by atoms with van der Waals surface area (Å²) in [7, 11) is 0. The highest BCUT2D eigenvalue weighted by Gasteiger charge is 2.30. The molecule has 3 aromatic rings. The molecule has 0 fully saturated rings. The zero-order valence-electron chi connectivity index (χ0n) is 13.8. The van der Waals surface area contributed by atoms with Gasteiger partial charge in [0.05, 0.1) is 23.1 Å². The molecule has 0 saturated heterocycles. The van der Waals surface area contributed by atoms with Crippen molar-refractivity contribution < 1.29 is 13.2 Å². The summed E-state index contributed by atoms with van der Waals surface area (Å²) in [5, 5.41) is 10.2. The van der Waals surface area contributed by atoms with Gasteiger partial charge in [-0.05, 0) is 37.6 Å². The van der Waals surface area contributed by atoms with Crippen LogP contribution in [0.15, 0.2) is 42.7 Å². The largest absolute Gasteiger partial charge is 0.416 e. The Morgan fingerprint density at radius 3 is 2.48 bits per heavy atom. The van der Waals surface area contributed by atoms with Crippen LogP contribution in [0, 0.1) is 13.8 Å².